The van der Waals surface area contributed by atoms with Crippen molar-refractivity contribution in [2.45, 2.75) is 43.4 Å². The number of benzene rings is 1. The maximum Gasteiger partial charge on any atom is 0.0960 e. The molecule has 1 aromatic carbocycles. The van der Waals surface area contributed by atoms with Gasteiger partial charge >= 0.3 is 0 Å². The highest BCUT2D eigenvalue weighted by atomic mass is 32.2. The summed E-state index contributed by atoms with van der Waals surface area (Å²) in [7, 11) is 0. The Kier molecular flexibility index (Phi) is 4.58. The lowest BCUT2D eigenvalue weighted by atomic mass is 9.95. The number of fused-ring (bicyclic) bond motifs is 3. The number of thioether (sulfide) groups is 1. The number of aromatic nitrogens is 2. The van der Waals surface area contributed by atoms with Gasteiger partial charge in [0.25, 0.3) is 0 Å². The van der Waals surface area contributed by atoms with Crippen molar-refractivity contribution in [2.24, 2.45) is 0 Å². The summed E-state index contributed by atoms with van der Waals surface area (Å²) in [4.78, 5) is 4.31. The van der Waals surface area contributed by atoms with Gasteiger partial charge in [-0.1, -0.05) is 24.3 Å². The third-order valence-electron chi connectivity index (χ3n) is 4.74. The minimum absolute atomic E-state index is 0.376. The first-order valence-corrected chi connectivity index (χ1v) is 9.62. The van der Waals surface area contributed by atoms with Crippen LogP contribution in [0.15, 0.2) is 53.7 Å². The van der Waals surface area contributed by atoms with E-state index in [-0.39, 0.29) is 6.10 Å². The van der Waals surface area contributed by atoms with Gasteiger partial charge in [-0.3, -0.25) is 0 Å². The molecule has 4 heteroatoms. The molecule has 2 heterocycles. The fourth-order valence-corrected chi connectivity index (χ4v) is 4.45. The van der Waals surface area contributed by atoms with E-state index in [9.17, 15) is 5.11 Å². The third-order valence-corrected chi connectivity index (χ3v) is 5.83. The minimum atomic E-state index is -0.376. The molecule has 4 rings (SSSR count). The largest absolute Gasteiger partial charge is 0.390 e. The van der Waals surface area contributed by atoms with Gasteiger partial charge in [0.15, 0.2) is 0 Å². The van der Waals surface area contributed by atoms with Gasteiger partial charge in [0, 0.05) is 35.1 Å². The highest BCUT2D eigenvalue weighted by Crippen LogP contribution is 2.32. The number of rotatable bonds is 5. The van der Waals surface area contributed by atoms with Crippen LogP contribution in [0.1, 0.15) is 24.1 Å². The summed E-state index contributed by atoms with van der Waals surface area (Å²) in [5.41, 5.74) is 4.21. The fourth-order valence-electron chi connectivity index (χ4n) is 3.67. The van der Waals surface area contributed by atoms with Crippen molar-refractivity contribution in [2.75, 3.05) is 5.75 Å². The Bertz CT molecular complexity index is 828. The van der Waals surface area contributed by atoms with Crippen LogP contribution in [-0.2, 0) is 19.4 Å². The first-order valence-electron chi connectivity index (χ1n) is 8.64. The highest BCUT2D eigenvalue weighted by Gasteiger charge is 2.21. The van der Waals surface area contributed by atoms with Gasteiger partial charge in [-0.15, -0.1) is 11.8 Å². The molecule has 0 amide bonds. The molecule has 2 aromatic heterocycles. The summed E-state index contributed by atoms with van der Waals surface area (Å²) in [5.74, 6) is 0.665. The van der Waals surface area contributed by atoms with Crippen molar-refractivity contribution in [1.82, 2.24) is 9.55 Å². The third kappa shape index (κ3) is 3.08. The predicted molar refractivity (Wildman–Crippen MR) is 99.5 cm³/mol. The number of aliphatic hydroxyl groups excluding tert-OH is 1. The molecule has 1 atom stereocenters. The molecule has 1 aliphatic rings. The van der Waals surface area contributed by atoms with Crippen molar-refractivity contribution in [3.8, 4) is 0 Å². The van der Waals surface area contributed by atoms with E-state index in [0.29, 0.717) is 12.3 Å². The Morgan fingerprint density at radius 3 is 2.79 bits per heavy atom. The van der Waals surface area contributed by atoms with Crippen LogP contribution < -0.4 is 0 Å². The Labute approximate surface area is 146 Å². The molecule has 1 aliphatic carbocycles. The molecule has 1 N–H and O–H groups in total. The molecule has 0 aliphatic heterocycles. The molecule has 0 spiro atoms. The Morgan fingerprint density at radius 1 is 1.08 bits per heavy atom. The Balaban J connectivity index is 1.55. The van der Waals surface area contributed by atoms with E-state index in [4.69, 9.17) is 0 Å². The van der Waals surface area contributed by atoms with Crippen LogP contribution in [0.4, 0.5) is 0 Å². The second-order valence-corrected chi connectivity index (χ2v) is 7.43. The summed E-state index contributed by atoms with van der Waals surface area (Å²) in [5, 5.41) is 12.9. The molecule has 0 radical (unpaired) electrons. The van der Waals surface area contributed by atoms with E-state index in [1.54, 1.807) is 18.0 Å². The molecule has 24 heavy (non-hydrogen) atoms. The molecular formula is C20H22N2OS. The fraction of sp³-hybridized carbons (Fsp3) is 0.350. The second-order valence-electron chi connectivity index (χ2n) is 6.39. The molecular weight excluding hydrogens is 316 g/mol. The van der Waals surface area contributed by atoms with E-state index in [1.165, 1.54) is 41.4 Å². The van der Waals surface area contributed by atoms with Crippen molar-refractivity contribution >= 4 is 22.7 Å². The van der Waals surface area contributed by atoms with E-state index in [1.807, 2.05) is 18.2 Å². The van der Waals surface area contributed by atoms with Gasteiger partial charge in [0.1, 0.15) is 0 Å². The maximum absolute atomic E-state index is 10.6. The normalized spacial score (nSPS) is 15.4. The van der Waals surface area contributed by atoms with Crippen LogP contribution in [0.3, 0.4) is 0 Å². The standard InChI is InChI=1S/C20H22N2OS/c23-15(14-24-20-11-5-6-12-21-20)13-22-18-9-3-1-7-16(18)17-8-2-4-10-19(17)22/h1,3,5-7,9,11-12,15,23H,2,4,8,10,13-14H2/t15-/m0/s1. The van der Waals surface area contributed by atoms with Crippen molar-refractivity contribution in [3.05, 3.63) is 59.9 Å². The average Bonchev–Trinajstić information content (AvgIpc) is 2.95. The first kappa shape index (κ1) is 15.7. The summed E-state index contributed by atoms with van der Waals surface area (Å²) in [6.07, 6.45) is 6.25. The van der Waals surface area contributed by atoms with Gasteiger partial charge in [-0.25, -0.2) is 4.98 Å². The number of aliphatic hydroxyl groups is 1. The lowest BCUT2D eigenvalue weighted by Gasteiger charge is -2.18. The predicted octanol–water partition coefficient (Wildman–Crippen LogP) is 4.07. The maximum atomic E-state index is 10.6. The zero-order valence-corrected chi connectivity index (χ0v) is 14.5. The molecule has 0 fully saturated rings. The smallest absolute Gasteiger partial charge is 0.0960 e. The van der Waals surface area contributed by atoms with Gasteiger partial charge < -0.3 is 9.67 Å². The van der Waals surface area contributed by atoms with E-state index in [2.05, 4.69) is 33.8 Å². The van der Waals surface area contributed by atoms with Crippen molar-refractivity contribution in [3.63, 3.8) is 0 Å². The zero-order valence-electron chi connectivity index (χ0n) is 13.7. The second kappa shape index (κ2) is 6.99. The quantitative estimate of drug-likeness (QED) is 0.713. The van der Waals surface area contributed by atoms with Gasteiger partial charge in [0.2, 0.25) is 0 Å². The van der Waals surface area contributed by atoms with Crippen LogP contribution in [0.5, 0.6) is 0 Å². The summed E-state index contributed by atoms with van der Waals surface area (Å²) < 4.78 is 2.35. The zero-order chi connectivity index (χ0) is 16.4. The SMILES string of the molecule is O[C@H](CSc1ccccn1)Cn1c2c(c3ccccc31)CCCC2. The molecule has 3 nitrogen and oxygen atoms in total. The molecule has 124 valence electrons. The Morgan fingerprint density at radius 2 is 1.92 bits per heavy atom. The monoisotopic (exact) mass is 338 g/mol. The Hall–Kier alpha value is -1.78. The van der Waals surface area contributed by atoms with E-state index >= 15 is 0 Å². The topological polar surface area (TPSA) is 38.1 Å². The van der Waals surface area contributed by atoms with Crippen molar-refractivity contribution in [1.29, 1.82) is 0 Å². The van der Waals surface area contributed by atoms with Gasteiger partial charge in [0.05, 0.1) is 11.1 Å². The number of nitrogens with zero attached hydrogens (tertiary/aromatic N) is 2. The lowest BCUT2D eigenvalue weighted by Crippen LogP contribution is -2.21. The van der Waals surface area contributed by atoms with Crippen LogP contribution in [0.2, 0.25) is 0 Å². The lowest BCUT2D eigenvalue weighted by molar-refractivity contribution is 0.178. The minimum Gasteiger partial charge on any atom is -0.390 e. The average molecular weight is 338 g/mol. The highest BCUT2D eigenvalue weighted by molar-refractivity contribution is 7.99. The molecule has 0 saturated carbocycles. The number of hydrogen-bond acceptors (Lipinski definition) is 3. The van der Waals surface area contributed by atoms with Crippen LogP contribution in [-0.4, -0.2) is 26.5 Å². The number of hydrogen-bond donors (Lipinski definition) is 1. The number of pyridine rings is 1. The summed E-state index contributed by atoms with van der Waals surface area (Å²) >= 11 is 1.62. The molecule has 0 saturated heterocycles. The molecule has 0 bridgehead atoms. The summed E-state index contributed by atoms with van der Waals surface area (Å²) in [6, 6.07) is 14.5. The summed E-state index contributed by atoms with van der Waals surface area (Å²) in [6.45, 7) is 0.662. The number of para-hydroxylation sites is 1. The van der Waals surface area contributed by atoms with Crippen molar-refractivity contribution < 1.29 is 5.11 Å². The van der Waals surface area contributed by atoms with Gasteiger partial charge in [-0.2, -0.15) is 0 Å². The van der Waals surface area contributed by atoms with Crippen LogP contribution in [0, 0.1) is 0 Å². The van der Waals surface area contributed by atoms with Crippen LogP contribution >= 0.6 is 11.8 Å². The van der Waals surface area contributed by atoms with E-state index in [0.717, 1.165) is 11.4 Å². The van der Waals surface area contributed by atoms with E-state index < -0.39 is 0 Å². The number of aryl methyl sites for hydroxylation is 1. The van der Waals surface area contributed by atoms with Crippen LogP contribution in [0.25, 0.3) is 10.9 Å². The first-order chi connectivity index (χ1) is 11.8. The molecule has 3 aromatic rings. The molecule has 0 unspecified atom stereocenters. The van der Waals surface area contributed by atoms with Gasteiger partial charge in [-0.05, 0) is 49.4 Å².